The molecule has 68 valence electrons. The second-order valence-corrected chi connectivity index (χ2v) is 5.40. The van der Waals surface area contributed by atoms with Crippen LogP contribution in [0.4, 0.5) is 0 Å². The molecule has 1 aliphatic heterocycles. The average Bonchev–Trinajstić information content (AvgIpc) is 2.37. The summed E-state index contributed by atoms with van der Waals surface area (Å²) in [7, 11) is 0. The van der Waals surface area contributed by atoms with Gasteiger partial charge in [-0.25, -0.2) is 0 Å². The lowest BCUT2D eigenvalue weighted by atomic mass is 9.90. The normalized spacial score (nSPS) is 21.8. The summed E-state index contributed by atoms with van der Waals surface area (Å²) < 4.78 is 0. The van der Waals surface area contributed by atoms with Gasteiger partial charge in [0.25, 0.3) is 0 Å². The van der Waals surface area contributed by atoms with Crippen molar-refractivity contribution in [1.29, 1.82) is 0 Å². The highest BCUT2D eigenvalue weighted by atomic mass is 32.2. The Balaban J connectivity index is 2.60. The van der Waals surface area contributed by atoms with Crippen LogP contribution in [0.1, 0.15) is 33.6 Å². The molecule has 0 amide bonds. The van der Waals surface area contributed by atoms with Gasteiger partial charge in [0.1, 0.15) is 0 Å². The Morgan fingerprint density at radius 3 is 2.58 bits per heavy atom. The number of ketones is 1. The minimum absolute atomic E-state index is 0.212. The van der Waals surface area contributed by atoms with Gasteiger partial charge in [-0.05, 0) is 29.6 Å². The third-order valence-electron chi connectivity index (χ3n) is 1.89. The van der Waals surface area contributed by atoms with Gasteiger partial charge in [-0.3, -0.25) is 4.79 Å². The zero-order chi connectivity index (χ0) is 9.19. The summed E-state index contributed by atoms with van der Waals surface area (Å²) >= 11 is 1.83. The van der Waals surface area contributed by atoms with Crippen LogP contribution in [-0.2, 0) is 4.79 Å². The summed E-state index contributed by atoms with van der Waals surface area (Å²) in [6.07, 6.45) is 4.16. The van der Waals surface area contributed by atoms with E-state index < -0.39 is 0 Å². The van der Waals surface area contributed by atoms with Gasteiger partial charge >= 0.3 is 0 Å². The molecule has 0 bridgehead atoms. The Hall–Kier alpha value is -0.240. The van der Waals surface area contributed by atoms with E-state index in [4.69, 9.17) is 0 Å². The van der Waals surface area contributed by atoms with Crippen molar-refractivity contribution in [3.05, 3.63) is 11.0 Å². The van der Waals surface area contributed by atoms with Crippen molar-refractivity contribution in [2.75, 3.05) is 5.75 Å². The van der Waals surface area contributed by atoms with Gasteiger partial charge in [-0.2, -0.15) is 0 Å². The number of allylic oxidation sites excluding steroid dienone is 2. The molecular weight excluding hydrogens is 168 g/mol. The number of hydrogen-bond donors (Lipinski definition) is 0. The zero-order valence-corrected chi connectivity index (χ0v) is 8.83. The third kappa shape index (κ3) is 2.67. The Bertz CT molecular complexity index is 202. The first-order valence-electron chi connectivity index (χ1n) is 4.38. The van der Waals surface area contributed by atoms with E-state index in [0.29, 0.717) is 0 Å². The van der Waals surface area contributed by atoms with Crippen LogP contribution in [0, 0.1) is 5.41 Å². The molecule has 12 heavy (non-hydrogen) atoms. The number of carbonyl (C=O) groups excluding carboxylic acids is 1. The van der Waals surface area contributed by atoms with Crippen molar-refractivity contribution >= 4 is 17.5 Å². The topological polar surface area (TPSA) is 17.1 Å². The van der Waals surface area contributed by atoms with Crippen LogP contribution in [-0.4, -0.2) is 11.5 Å². The fourth-order valence-electron chi connectivity index (χ4n) is 0.998. The maximum atomic E-state index is 11.5. The third-order valence-corrected chi connectivity index (χ3v) is 3.07. The molecule has 0 aliphatic carbocycles. The molecule has 1 heterocycles. The smallest absolute Gasteiger partial charge is 0.161 e. The van der Waals surface area contributed by atoms with E-state index in [1.807, 2.05) is 38.6 Å². The highest BCUT2D eigenvalue weighted by Crippen LogP contribution is 2.31. The zero-order valence-electron chi connectivity index (χ0n) is 8.02. The molecule has 0 spiro atoms. The van der Waals surface area contributed by atoms with Crippen molar-refractivity contribution in [3.63, 3.8) is 0 Å². The molecule has 0 radical (unpaired) electrons. The molecule has 1 rings (SSSR count). The predicted molar refractivity (Wildman–Crippen MR) is 54.2 cm³/mol. The molecule has 0 N–H and O–H groups in total. The van der Waals surface area contributed by atoms with Gasteiger partial charge in [0.05, 0.1) is 0 Å². The first-order chi connectivity index (χ1) is 5.50. The van der Waals surface area contributed by atoms with Gasteiger partial charge in [-0.15, -0.1) is 11.8 Å². The summed E-state index contributed by atoms with van der Waals surface area (Å²) in [4.78, 5) is 12.8. The van der Waals surface area contributed by atoms with Crippen LogP contribution in [0.15, 0.2) is 11.0 Å². The van der Waals surface area contributed by atoms with E-state index in [9.17, 15) is 4.79 Å². The second kappa shape index (κ2) is 3.65. The quantitative estimate of drug-likeness (QED) is 0.583. The fourth-order valence-corrected chi connectivity index (χ4v) is 2.03. The summed E-state index contributed by atoms with van der Waals surface area (Å²) in [6.45, 7) is 5.89. The molecule has 1 nitrogen and oxygen atoms in total. The van der Waals surface area contributed by atoms with Crippen LogP contribution in [0.5, 0.6) is 0 Å². The number of hydrogen-bond acceptors (Lipinski definition) is 2. The molecule has 0 unspecified atom stereocenters. The summed E-state index contributed by atoms with van der Waals surface area (Å²) in [5.74, 6) is 1.44. The molecule has 0 aromatic carbocycles. The van der Waals surface area contributed by atoms with Gasteiger partial charge in [0.2, 0.25) is 0 Å². The first-order valence-corrected chi connectivity index (χ1v) is 5.36. The van der Waals surface area contributed by atoms with E-state index in [1.54, 1.807) is 0 Å². The lowest BCUT2D eigenvalue weighted by Gasteiger charge is -2.13. The largest absolute Gasteiger partial charge is 0.294 e. The van der Waals surface area contributed by atoms with Crippen molar-refractivity contribution < 1.29 is 4.79 Å². The van der Waals surface area contributed by atoms with E-state index in [2.05, 4.69) is 0 Å². The van der Waals surface area contributed by atoms with Gasteiger partial charge in [-0.1, -0.05) is 20.8 Å². The SMILES string of the molecule is CC(C)(C)C(=O)/C=C1/CCCS1. The second-order valence-electron chi connectivity index (χ2n) is 4.18. The molecule has 1 saturated heterocycles. The maximum Gasteiger partial charge on any atom is 0.161 e. The Labute approximate surface area is 78.6 Å². The minimum atomic E-state index is -0.212. The van der Waals surface area contributed by atoms with E-state index in [-0.39, 0.29) is 11.2 Å². The minimum Gasteiger partial charge on any atom is -0.294 e. The van der Waals surface area contributed by atoms with Crippen LogP contribution < -0.4 is 0 Å². The van der Waals surface area contributed by atoms with Crippen molar-refractivity contribution in [2.24, 2.45) is 5.41 Å². The summed E-state index contributed by atoms with van der Waals surface area (Å²) in [5, 5.41) is 0. The predicted octanol–water partition coefficient (Wildman–Crippen LogP) is 3.01. The molecule has 0 aromatic heterocycles. The van der Waals surface area contributed by atoms with Gasteiger partial charge < -0.3 is 0 Å². The lowest BCUT2D eigenvalue weighted by Crippen LogP contribution is -2.17. The fraction of sp³-hybridized carbons (Fsp3) is 0.700. The summed E-state index contributed by atoms with van der Waals surface area (Å²) in [5.41, 5.74) is -0.212. The maximum absolute atomic E-state index is 11.5. The Kier molecular flexibility index (Phi) is 2.99. The molecule has 1 aliphatic rings. The molecule has 0 aromatic rings. The summed E-state index contributed by atoms with van der Waals surface area (Å²) in [6, 6.07) is 0. The molecule has 0 saturated carbocycles. The highest BCUT2D eigenvalue weighted by molar-refractivity contribution is 8.03. The number of rotatable bonds is 1. The molecular formula is C10H16OS. The lowest BCUT2D eigenvalue weighted by molar-refractivity contribution is -0.121. The van der Waals surface area contributed by atoms with E-state index in [1.165, 1.54) is 17.1 Å². The Morgan fingerprint density at radius 1 is 1.50 bits per heavy atom. The molecule has 1 fully saturated rings. The van der Waals surface area contributed by atoms with Crippen molar-refractivity contribution in [1.82, 2.24) is 0 Å². The average molecular weight is 184 g/mol. The monoisotopic (exact) mass is 184 g/mol. The number of thioether (sulfide) groups is 1. The van der Waals surface area contributed by atoms with Crippen molar-refractivity contribution in [3.8, 4) is 0 Å². The highest BCUT2D eigenvalue weighted by Gasteiger charge is 2.20. The standard InChI is InChI=1S/C10H16OS/c1-10(2,3)9(11)7-8-5-4-6-12-8/h7H,4-6H2,1-3H3/b8-7-. The van der Waals surface area contributed by atoms with Gasteiger partial charge in [0, 0.05) is 5.41 Å². The van der Waals surface area contributed by atoms with E-state index >= 15 is 0 Å². The molecule has 0 atom stereocenters. The first kappa shape index (κ1) is 9.85. The van der Waals surface area contributed by atoms with E-state index in [0.717, 1.165) is 6.42 Å². The Morgan fingerprint density at radius 2 is 2.17 bits per heavy atom. The van der Waals surface area contributed by atoms with Crippen molar-refractivity contribution in [2.45, 2.75) is 33.6 Å². The van der Waals surface area contributed by atoms with Gasteiger partial charge in [0.15, 0.2) is 5.78 Å². The van der Waals surface area contributed by atoms with Crippen LogP contribution >= 0.6 is 11.8 Å². The number of carbonyl (C=O) groups is 1. The molecule has 2 heteroatoms. The van der Waals surface area contributed by atoms with Crippen LogP contribution in [0.3, 0.4) is 0 Å². The van der Waals surface area contributed by atoms with Crippen LogP contribution in [0.25, 0.3) is 0 Å². The van der Waals surface area contributed by atoms with Crippen LogP contribution in [0.2, 0.25) is 0 Å².